The van der Waals surface area contributed by atoms with Crippen LogP contribution >= 0.6 is 11.6 Å². The Morgan fingerprint density at radius 2 is 1.97 bits per heavy atom. The van der Waals surface area contributed by atoms with Crippen molar-refractivity contribution in [2.24, 2.45) is 5.73 Å². The van der Waals surface area contributed by atoms with Gasteiger partial charge in [0.15, 0.2) is 0 Å². The summed E-state index contributed by atoms with van der Waals surface area (Å²) in [5.41, 5.74) is 10.7. The molecule has 0 atom stereocenters. The van der Waals surface area contributed by atoms with Crippen LogP contribution in [0.4, 0.5) is 4.39 Å². The average Bonchev–Trinajstić information content (AvgIpc) is 3.30. The minimum absolute atomic E-state index is 0. The van der Waals surface area contributed by atoms with E-state index in [2.05, 4.69) is 9.55 Å². The zero-order valence-corrected chi connectivity index (χ0v) is 21.5. The lowest BCUT2D eigenvalue weighted by molar-refractivity contribution is 0.0714. The second kappa shape index (κ2) is 12.1. The van der Waals surface area contributed by atoms with Gasteiger partial charge in [0.05, 0.1) is 17.2 Å². The molecule has 0 unspecified atom stereocenters. The molecule has 0 bridgehead atoms. The normalized spacial score (nSPS) is 14.1. The maximum Gasteiger partial charge on any atom is 0.256 e. The van der Waals surface area contributed by atoms with E-state index in [4.69, 9.17) is 22.1 Å². The van der Waals surface area contributed by atoms with Gasteiger partial charge in [0, 0.05) is 68.3 Å². The minimum Gasteiger partial charge on any atom is -0.383 e. The first-order chi connectivity index (χ1) is 18.0. The summed E-state index contributed by atoms with van der Waals surface area (Å²) in [5.74, 6) is -0.173. The molecule has 1 saturated heterocycles. The quantitative estimate of drug-likeness (QED) is 0.303. The molecule has 0 radical (unpaired) electrons. The van der Waals surface area contributed by atoms with Crippen molar-refractivity contribution in [1.82, 2.24) is 14.5 Å². The van der Waals surface area contributed by atoms with Crippen LogP contribution in [0.5, 0.6) is 0 Å². The predicted molar refractivity (Wildman–Crippen MR) is 151 cm³/mol. The third-order valence-electron chi connectivity index (χ3n) is 7.21. The summed E-state index contributed by atoms with van der Waals surface area (Å²) in [6.07, 6.45) is 6.67. The number of carbonyl (C=O) groups excluding carboxylic acids is 1. The van der Waals surface area contributed by atoms with E-state index >= 15 is 0 Å². The molecule has 38 heavy (non-hydrogen) atoms. The number of rotatable bonds is 7. The summed E-state index contributed by atoms with van der Waals surface area (Å²) >= 11 is 6.24. The molecule has 200 valence electrons. The monoisotopic (exact) mass is 536 g/mol. The fourth-order valence-corrected chi connectivity index (χ4v) is 5.46. The fraction of sp³-hybridized carbons (Fsp3) is 0.333. The lowest BCUT2D eigenvalue weighted by Crippen LogP contribution is -2.38. The third-order valence-corrected chi connectivity index (χ3v) is 7.41. The molecule has 4 aromatic rings. The minimum atomic E-state index is -0.206. The topological polar surface area (TPSA) is 73.4 Å². The first-order valence-electron chi connectivity index (χ1n) is 12.5. The number of likely N-dealkylation sites (tertiary alicyclic amines) is 1. The van der Waals surface area contributed by atoms with Crippen molar-refractivity contribution in [2.45, 2.75) is 39.3 Å². The molecule has 2 N–H and O–H groups in total. The highest BCUT2D eigenvalue weighted by atomic mass is 35.5. The van der Waals surface area contributed by atoms with Crippen molar-refractivity contribution in [3.8, 4) is 11.1 Å². The van der Waals surface area contributed by atoms with E-state index in [1.807, 2.05) is 41.4 Å². The number of fused-ring (bicyclic) bond motifs is 1. The van der Waals surface area contributed by atoms with Gasteiger partial charge in [-0.1, -0.05) is 43.3 Å². The van der Waals surface area contributed by atoms with Gasteiger partial charge in [-0.2, -0.15) is 0 Å². The maximum atomic E-state index is 14.6. The van der Waals surface area contributed by atoms with E-state index in [1.165, 1.54) is 6.07 Å². The number of hydrogen-bond donors (Lipinski definition) is 1. The highest BCUT2D eigenvalue weighted by molar-refractivity contribution is 6.30. The predicted octanol–water partition coefficient (Wildman–Crippen LogP) is 6.26. The van der Waals surface area contributed by atoms with Crippen LogP contribution in [0.25, 0.3) is 22.0 Å². The molecule has 6 nitrogen and oxygen atoms in total. The van der Waals surface area contributed by atoms with Gasteiger partial charge in [-0.05, 0) is 53.6 Å². The zero-order chi connectivity index (χ0) is 25.9. The molecule has 8 heteroatoms. The number of carbonyl (C=O) groups is 1. The van der Waals surface area contributed by atoms with E-state index < -0.39 is 0 Å². The molecule has 0 aliphatic carbocycles. The van der Waals surface area contributed by atoms with E-state index in [0.29, 0.717) is 61.8 Å². The molecule has 2 aromatic heterocycles. The summed E-state index contributed by atoms with van der Waals surface area (Å²) in [6.45, 7) is 2.64. The van der Waals surface area contributed by atoms with Crippen molar-refractivity contribution in [2.75, 3.05) is 26.8 Å². The van der Waals surface area contributed by atoms with Gasteiger partial charge in [0.2, 0.25) is 0 Å². The van der Waals surface area contributed by atoms with Crippen LogP contribution in [0.1, 0.15) is 47.7 Å². The second-order valence-corrected chi connectivity index (χ2v) is 9.88. The number of aromatic nitrogens is 2. The molecule has 3 heterocycles. The van der Waals surface area contributed by atoms with Crippen molar-refractivity contribution in [3.05, 3.63) is 88.6 Å². The summed E-state index contributed by atoms with van der Waals surface area (Å²) in [5, 5.41) is 1.41. The molecule has 1 aliphatic rings. The molecule has 0 saturated carbocycles. The van der Waals surface area contributed by atoms with Crippen molar-refractivity contribution in [3.63, 3.8) is 0 Å². The van der Waals surface area contributed by atoms with Gasteiger partial charge < -0.3 is 19.9 Å². The first-order valence-corrected chi connectivity index (χ1v) is 12.9. The van der Waals surface area contributed by atoms with Crippen LogP contribution in [0.2, 0.25) is 5.02 Å². The Kier molecular flexibility index (Phi) is 8.82. The first kappa shape index (κ1) is 27.8. The smallest absolute Gasteiger partial charge is 0.256 e. The van der Waals surface area contributed by atoms with Crippen LogP contribution < -0.4 is 5.73 Å². The summed E-state index contributed by atoms with van der Waals surface area (Å²) in [7, 11) is 1.66. The van der Waals surface area contributed by atoms with Crippen molar-refractivity contribution >= 4 is 28.4 Å². The Morgan fingerprint density at radius 3 is 2.68 bits per heavy atom. The van der Waals surface area contributed by atoms with E-state index in [9.17, 15) is 9.18 Å². The number of amides is 1. The molecule has 1 amide bonds. The number of nitrogens with two attached hydrogens (primary N) is 1. The Balaban J connectivity index is 0.00000336. The number of nitrogens with zero attached hydrogens (tertiary/aromatic N) is 3. The van der Waals surface area contributed by atoms with E-state index in [-0.39, 0.29) is 25.1 Å². The molecular weight excluding hydrogens is 503 g/mol. The average molecular weight is 537 g/mol. The summed E-state index contributed by atoms with van der Waals surface area (Å²) in [4.78, 5) is 20.0. The molecule has 1 aliphatic heterocycles. The highest BCUT2D eigenvalue weighted by Gasteiger charge is 2.29. The zero-order valence-electron chi connectivity index (χ0n) is 20.8. The summed E-state index contributed by atoms with van der Waals surface area (Å²) < 4.78 is 21.9. The van der Waals surface area contributed by atoms with Gasteiger partial charge in [-0.25, -0.2) is 4.39 Å². The molecule has 0 spiro atoms. The fourth-order valence-electron chi connectivity index (χ4n) is 5.29. The largest absolute Gasteiger partial charge is 0.383 e. The van der Waals surface area contributed by atoms with Crippen molar-refractivity contribution in [1.29, 1.82) is 0 Å². The molecular formula is C30H34ClFN4O2. The van der Waals surface area contributed by atoms with Crippen LogP contribution in [-0.4, -0.2) is 47.2 Å². The Bertz CT molecular complexity index is 1430. The number of benzene rings is 2. The number of ether oxygens (including phenoxy) is 1. The van der Waals surface area contributed by atoms with Crippen LogP contribution in [0, 0.1) is 5.82 Å². The van der Waals surface area contributed by atoms with Crippen LogP contribution in [0.3, 0.4) is 0 Å². The highest BCUT2D eigenvalue weighted by Crippen LogP contribution is 2.36. The lowest BCUT2D eigenvalue weighted by atomic mass is 9.88. The molecule has 1 fully saturated rings. The number of halogens is 2. The Labute approximate surface area is 228 Å². The van der Waals surface area contributed by atoms with Crippen LogP contribution in [-0.2, 0) is 17.8 Å². The Hall–Kier alpha value is -3.26. The van der Waals surface area contributed by atoms with E-state index in [1.54, 1.807) is 25.6 Å². The third kappa shape index (κ3) is 5.46. The standard InChI is InChI=1S/C29H30ClFN4O2.CH4/c1-37-12-11-35-18-25(28-23(3-2-4-27(28)35)21-14-22(30)17-33-16-21)29(36)34-9-7-20(8-10-34)24-13-19(15-32)5-6-26(24)31;/h2-6,13-14,16-18,20H,7-12,15,32H2,1H3;1H4. The number of piperidine rings is 1. The van der Waals surface area contributed by atoms with Gasteiger partial charge in [-0.3, -0.25) is 9.78 Å². The lowest BCUT2D eigenvalue weighted by Gasteiger charge is -2.32. The van der Waals surface area contributed by atoms with Gasteiger partial charge in [0.1, 0.15) is 5.82 Å². The maximum absolute atomic E-state index is 14.6. The van der Waals surface area contributed by atoms with E-state index in [0.717, 1.165) is 27.6 Å². The van der Waals surface area contributed by atoms with Gasteiger partial charge >= 0.3 is 0 Å². The number of methoxy groups -OCH3 is 1. The SMILES string of the molecule is C.COCCn1cc(C(=O)N2CCC(c3cc(CN)ccc3F)CC2)c2c(-c3cncc(Cl)c3)cccc21. The molecule has 2 aromatic carbocycles. The van der Waals surface area contributed by atoms with Crippen molar-refractivity contribution < 1.29 is 13.9 Å². The van der Waals surface area contributed by atoms with Gasteiger partial charge in [-0.15, -0.1) is 0 Å². The van der Waals surface area contributed by atoms with Crippen LogP contribution in [0.15, 0.2) is 61.1 Å². The molecule has 5 rings (SSSR count). The van der Waals surface area contributed by atoms with Gasteiger partial charge in [0.25, 0.3) is 5.91 Å². The number of pyridine rings is 1. The summed E-state index contributed by atoms with van der Waals surface area (Å²) in [6, 6.07) is 12.9. The Morgan fingerprint density at radius 1 is 1.18 bits per heavy atom. The second-order valence-electron chi connectivity index (χ2n) is 9.45. The number of hydrogen-bond acceptors (Lipinski definition) is 4.